The summed E-state index contributed by atoms with van der Waals surface area (Å²) in [6.07, 6.45) is 0. The number of hydrogen-bond donors (Lipinski definition) is 2. The molecule has 1 heterocycles. The predicted octanol–water partition coefficient (Wildman–Crippen LogP) is 3.97. The van der Waals surface area contributed by atoms with E-state index in [1.54, 1.807) is 0 Å². The van der Waals surface area contributed by atoms with Crippen LogP contribution < -0.4 is 5.32 Å². The largest absolute Gasteiger partial charge is 0.351 e. The van der Waals surface area contributed by atoms with Gasteiger partial charge >= 0.3 is 0 Å². The Kier molecular flexibility index (Phi) is 3.48. The number of nitrogens with one attached hydrogen (secondary N) is 2. The van der Waals surface area contributed by atoms with Crippen molar-refractivity contribution in [3.63, 3.8) is 0 Å². The maximum atomic E-state index is 12.3. The molecule has 106 valence electrons. The first-order valence-corrected chi connectivity index (χ1v) is 7.08. The average molecular weight is 278 g/mol. The molecule has 0 fully saturated rings. The van der Waals surface area contributed by atoms with Gasteiger partial charge in [-0.05, 0) is 37.6 Å². The number of fused-ring (bicyclic) bond motifs is 1. The van der Waals surface area contributed by atoms with E-state index in [1.807, 2.05) is 62.4 Å². The minimum atomic E-state index is -0.0831. The van der Waals surface area contributed by atoms with E-state index in [-0.39, 0.29) is 11.9 Å². The van der Waals surface area contributed by atoms with Crippen LogP contribution in [0.3, 0.4) is 0 Å². The highest BCUT2D eigenvalue weighted by atomic mass is 16.1. The Balaban J connectivity index is 1.80. The molecule has 0 radical (unpaired) electrons. The van der Waals surface area contributed by atoms with E-state index >= 15 is 0 Å². The minimum absolute atomic E-state index is 0.0214. The van der Waals surface area contributed by atoms with Crippen molar-refractivity contribution in [2.24, 2.45) is 0 Å². The van der Waals surface area contributed by atoms with Gasteiger partial charge in [-0.3, -0.25) is 4.79 Å². The molecule has 0 aliphatic rings. The Labute approximate surface area is 124 Å². The van der Waals surface area contributed by atoms with Crippen LogP contribution in [0.1, 0.15) is 34.6 Å². The van der Waals surface area contributed by atoms with Crippen LogP contribution >= 0.6 is 0 Å². The molecule has 0 bridgehead atoms. The van der Waals surface area contributed by atoms with Crippen molar-refractivity contribution in [3.05, 3.63) is 71.4 Å². The van der Waals surface area contributed by atoms with Crippen molar-refractivity contribution in [1.82, 2.24) is 10.3 Å². The van der Waals surface area contributed by atoms with E-state index in [0.717, 1.165) is 16.5 Å². The molecule has 21 heavy (non-hydrogen) atoms. The molecule has 1 aromatic heterocycles. The van der Waals surface area contributed by atoms with Crippen LogP contribution in [0.5, 0.6) is 0 Å². The lowest BCUT2D eigenvalue weighted by atomic mass is 10.1. The van der Waals surface area contributed by atoms with Crippen LogP contribution in [-0.4, -0.2) is 10.9 Å². The number of benzene rings is 2. The number of aromatic nitrogens is 1. The lowest BCUT2D eigenvalue weighted by molar-refractivity contribution is 0.0935. The summed E-state index contributed by atoms with van der Waals surface area (Å²) in [4.78, 5) is 15.5. The average Bonchev–Trinajstić information content (AvgIpc) is 2.91. The molecule has 3 nitrogen and oxygen atoms in total. The molecule has 1 atom stereocenters. The van der Waals surface area contributed by atoms with Crippen LogP contribution in [0, 0.1) is 6.92 Å². The number of carbonyl (C=O) groups excluding carboxylic acids is 1. The zero-order chi connectivity index (χ0) is 14.8. The first kappa shape index (κ1) is 13.4. The molecule has 0 aliphatic heterocycles. The Bertz CT molecular complexity index is 774. The molecule has 0 unspecified atom stereocenters. The Hall–Kier alpha value is -2.55. The third-order valence-corrected chi connectivity index (χ3v) is 3.67. The second-order valence-corrected chi connectivity index (χ2v) is 5.38. The lowest BCUT2D eigenvalue weighted by Gasteiger charge is -2.13. The number of hydrogen-bond acceptors (Lipinski definition) is 1. The molecular formula is C18H18N2O. The van der Waals surface area contributed by atoms with Gasteiger partial charge in [0.05, 0.1) is 6.04 Å². The van der Waals surface area contributed by atoms with Gasteiger partial charge in [-0.2, -0.15) is 0 Å². The molecule has 1 amide bonds. The van der Waals surface area contributed by atoms with Gasteiger partial charge in [0, 0.05) is 10.9 Å². The number of carbonyl (C=O) groups is 1. The van der Waals surface area contributed by atoms with E-state index in [2.05, 4.69) is 16.4 Å². The van der Waals surface area contributed by atoms with Gasteiger partial charge in [-0.1, -0.05) is 42.0 Å². The summed E-state index contributed by atoms with van der Waals surface area (Å²) < 4.78 is 0. The Morgan fingerprint density at radius 2 is 1.86 bits per heavy atom. The predicted molar refractivity (Wildman–Crippen MR) is 85.4 cm³/mol. The third kappa shape index (κ3) is 2.82. The van der Waals surface area contributed by atoms with Crippen molar-refractivity contribution in [2.45, 2.75) is 19.9 Å². The second-order valence-electron chi connectivity index (χ2n) is 5.38. The number of aryl methyl sites for hydroxylation is 1. The molecule has 0 aliphatic carbocycles. The molecule has 3 rings (SSSR count). The summed E-state index contributed by atoms with van der Waals surface area (Å²) in [7, 11) is 0. The molecule has 0 saturated heterocycles. The zero-order valence-electron chi connectivity index (χ0n) is 12.2. The normalized spacial score (nSPS) is 12.3. The summed E-state index contributed by atoms with van der Waals surface area (Å²) in [5, 5.41) is 4.08. The van der Waals surface area contributed by atoms with Crippen LogP contribution in [0.4, 0.5) is 0 Å². The molecule has 3 aromatic rings. The maximum absolute atomic E-state index is 12.3. The highest BCUT2D eigenvalue weighted by molar-refractivity contribution is 5.98. The van der Waals surface area contributed by atoms with Crippen LogP contribution in [-0.2, 0) is 0 Å². The summed E-state index contributed by atoms with van der Waals surface area (Å²) >= 11 is 0. The number of rotatable bonds is 3. The van der Waals surface area contributed by atoms with Crippen LogP contribution in [0.2, 0.25) is 0 Å². The number of aromatic amines is 1. The summed E-state index contributed by atoms with van der Waals surface area (Å²) in [5.74, 6) is -0.0831. The van der Waals surface area contributed by atoms with Crippen molar-refractivity contribution < 1.29 is 4.79 Å². The van der Waals surface area contributed by atoms with Crippen LogP contribution in [0.25, 0.3) is 10.9 Å². The minimum Gasteiger partial charge on any atom is -0.351 e. The van der Waals surface area contributed by atoms with Gasteiger partial charge in [0.2, 0.25) is 0 Å². The second kappa shape index (κ2) is 5.44. The van der Waals surface area contributed by atoms with Crippen molar-refractivity contribution in [2.75, 3.05) is 0 Å². The van der Waals surface area contributed by atoms with E-state index in [0.29, 0.717) is 5.69 Å². The van der Waals surface area contributed by atoms with Crippen molar-refractivity contribution in [1.29, 1.82) is 0 Å². The van der Waals surface area contributed by atoms with Gasteiger partial charge in [-0.15, -0.1) is 0 Å². The Morgan fingerprint density at radius 1 is 1.10 bits per heavy atom. The van der Waals surface area contributed by atoms with E-state index in [1.165, 1.54) is 5.56 Å². The SMILES string of the molecule is Cc1ccc2[nH]c(C(=O)N[C@H](C)c3ccccc3)cc2c1. The van der Waals surface area contributed by atoms with Crippen LogP contribution in [0.15, 0.2) is 54.6 Å². The molecular weight excluding hydrogens is 260 g/mol. The molecule has 0 spiro atoms. The molecule has 2 N–H and O–H groups in total. The van der Waals surface area contributed by atoms with Crippen molar-refractivity contribution >= 4 is 16.8 Å². The number of amides is 1. The standard InChI is InChI=1S/C18H18N2O/c1-12-8-9-16-15(10-12)11-17(20-16)18(21)19-13(2)14-6-4-3-5-7-14/h3-11,13,20H,1-2H3,(H,19,21)/t13-/m1/s1. The van der Waals surface area contributed by atoms with E-state index < -0.39 is 0 Å². The van der Waals surface area contributed by atoms with Gasteiger partial charge in [0.25, 0.3) is 5.91 Å². The van der Waals surface area contributed by atoms with Gasteiger partial charge < -0.3 is 10.3 Å². The van der Waals surface area contributed by atoms with E-state index in [9.17, 15) is 4.79 Å². The first-order chi connectivity index (χ1) is 10.1. The summed E-state index contributed by atoms with van der Waals surface area (Å²) in [6, 6.07) is 17.9. The molecule has 3 heteroatoms. The molecule has 2 aromatic carbocycles. The summed E-state index contributed by atoms with van der Waals surface area (Å²) in [6.45, 7) is 4.03. The fraction of sp³-hybridized carbons (Fsp3) is 0.167. The Morgan fingerprint density at radius 3 is 2.62 bits per heavy atom. The summed E-state index contributed by atoms with van der Waals surface area (Å²) in [5.41, 5.74) is 3.86. The highest BCUT2D eigenvalue weighted by Gasteiger charge is 2.13. The molecule has 0 saturated carbocycles. The fourth-order valence-electron chi connectivity index (χ4n) is 2.47. The van der Waals surface area contributed by atoms with Gasteiger partial charge in [0.15, 0.2) is 0 Å². The monoisotopic (exact) mass is 278 g/mol. The zero-order valence-corrected chi connectivity index (χ0v) is 12.2. The highest BCUT2D eigenvalue weighted by Crippen LogP contribution is 2.18. The smallest absolute Gasteiger partial charge is 0.268 e. The fourth-order valence-corrected chi connectivity index (χ4v) is 2.47. The van der Waals surface area contributed by atoms with E-state index in [4.69, 9.17) is 0 Å². The quantitative estimate of drug-likeness (QED) is 0.748. The van der Waals surface area contributed by atoms with Gasteiger partial charge in [-0.25, -0.2) is 0 Å². The van der Waals surface area contributed by atoms with Gasteiger partial charge in [0.1, 0.15) is 5.69 Å². The number of H-pyrrole nitrogens is 1. The van der Waals surface area contributed by atoms with Crippen molar-refractivity contribution in [3.8, 4) is 0 Å². The topological polar surface area (TPSA) is 44.9 Å². The third-order valence-electron chi connectivity index (χ3n) is 3.67. The lowest BCUT2D eigenvalue weighted by Crippen LogP contribution is -2.26. The maximum Gasteiger partial charge on any atom is 0.268 e. The first-order valence-electron chi connectivity index (χ1n) is 7.08.